The molecule has 0 heterocycles. The quantitative estimate of drug-likeness (QED) is 0.784. The lowest BCUT2D eigenvalue weighted by Gasteiger charge is -2.21. The number of carbonyl (C=O) groups is 1. The predicted octanol–water partition coefficient (Wildman–Crippen LogP) is 2.53. The zero-order valence-electron chi connectivity index (χ0n) is 12.1. The monoisotopic (exact) mass is 264 g/mol. The third kappa shape index (κ3) is 1.95. The van der Waals surface area contributed by atoms with Gasteiger partial charge in [0.1, 0.15) is 11.5 Å². The van der Waals surface area contributed by atoms with Crippen molar-refractivity contribution in [2.45, 2.75) is 32.1 Å². The Morgan fingerprint density at radius 1 is 1.11 bits per heavy atom. The molecule has 1 aliphatic rings. The van der Waals surface area contributed by atoms with Crippen molar-refractivity contribution in [3.63, 3.8) is 0 Å². The molecule has 1 aliphatic carbocycles. The van der Waals surface area contributed by atoms with Crippen LogP contribution in [0.15, 0.2) is 6.07 Å². The van der Waals surface area contributed by atoms with Crippen LogP contribution in [0.25, 0.3) is 0 Å². The van der Waals surface area contributed by atoms with E-state index in [0.29, 0.717) is 0 Å². The molecule has 0 saturated heterocycles. The third-order valence-corrected chi connectivity index (χ3v) is 4.06. The summed E-state index contributed by atoms with van der Waals surface area (Å²) in [7, 11) is 4.69. The Bertz CT molecular complexity index is 515. The van der Waals surface area contributed by atoms with Crippen LogP contribution in [0.2, 0.25) is 0 Å². The highest BCUT2D eigenvalue weighted by Gasteiger charge is 2.54. The van der Waals surface area contributed by atoms with E-state index in [1.54, 1.807) is 14.2 Å². The number of benzene rings is 1. The minimum Gasteiger partial charge on any atom is -0.496 e. The molecule has 0 N–H and O–H groups in total. The highest BCUT2D eigenvalue weighted by atomic mass is 16.5. The molecular formula is C15H20O4. The van der Waals surface area contributed by atoms with Gasteiger partial charge in [-0.3, -0.25) is 4.79 Å². The Morgan fingerprint density at radius 3 is 2.16 bits per heavy atom. The first-order valence-electron chi connectivity index (χ1n) is 6.33. The first kappa shape index (κ1) is 13.7. The van der Waals surface area contributed by atoms with Gasteiger partial charge in [0.25, 0.3) is 0 Å². The number of esters is 1. The zero-order chi connectivity index (χ0) is 14.2. The van der Waals surface area contributed by atoms with Gasteiger partial charge in [-0.15, -0.1) is 0 Å². The number of methoxy groups -OCH3 is 3. The van der Waals surface area contributed by atoms with E-state index >= 15 is 0 Å². The molecule has 0 bridgehead atoms. The van der Waals surface area contributed by atoms with Crippen molar-refractivity contribution in [3.8, 4) is 11.5 Å². The maximum Gasteiger partial charge on any atom is 0.316 e. The molecular weight excluding hydrogens is 244 g/mol. The number of hydrogen-bond donors (Lipinski definition) is 0. The number of rotatable bonds is 4. The van der Waals surface area contributed by atoms with E-state index < -0.39 is 5.41 Å². The summed E-state index contributed by atoms with van der Waals surface area (Å²) in [6.07, 6.45) is 1.59. The lowest BCUT2D eigenvalue weighted by Crippen LogP contribution is -2.23. The molecule has 4 heteroatoms. The molecule has 0 amide bonds. The topological polar surface area (TPSA) is 44.8 Å². The molecule has 1 fully saturated rings. The number of ether oxygens (including phenoxy) is 3. The normalized spacial score (nSPS) is 15.8. The Hall–Kier alpha value is -1.71. The minimum atomic E-state index is -0.550. The SMILES string of the molecule is COC(=O)C1(c2cc(OC)c(C)c(C)c2OC)CC1. The van der Waals surface area contributed by atoms with Gasteiger partial charge in [0, 0.05) is 5.56 Å². The molecule has 0 spiro atoms. The lowest BCUT2D eigenvalue weighted by molar-refractivity contribution is -0.143. The summed E-state index contributed by atoms with van der Waals surface area (Å²) in [5, 5.41) is 0. The standard InChI is InChI=1S/C15H20O4/c1-9-10(2)13(18-4)11(8-12(9)17-3)15(6-7-15)14(16)19-5/h8H,6-7H2,1-5H3. The molecule has 0 unspecified atom stereocenters. The van der Waals surface area contributed by atoms with E-state index in [-0.39, 0.29) is 5.97 Å². The molecule has 1 aromatic carbocycles. The second-order valence-electron chi connectivity index (χ2n) is 4.98. The summed E-state index contributed by atoms with van der Waals surface area (Å²) in [4.78, 5) is 12.0. The largest absolute Gasteiger partial charge is 0.496 e. The molecule has 1 saturated carbocycles. The second-order valence-corrected chi connectivity index (χ2v) is 4.98. The van der Waals surface area contributed by atoms with Crippen molar-refractivity contribution in [2.75, 3.05) is 21.3 Å². The van der Waals surface area contributed by atoms with Crippen LogP contribution in [0.1, 0.15) is 29.5 Å². The summed E-state index contributed by atoms with van der Waals surface area (Å²) < 4.78 is 15.8. The molecule has 19 heavy (non-hydrogen) atoms. The van der Waals surface area contributed by atoms with E-state index in [0.717, 1.165) is 41.0 Å². The second kappa shape index (κ2) is 4.76. The maximum atomic E-state index is 12.0. The van der Waals surface area contributed by atoms with Gasteiger partial charge in [0.05, 0.1) is 26.7 Å². The van der Waals surface area contributed by atoms with Gasteiger partial charge in [-0.2, -0.15) is 0 Å². The van der Waals surface area contributed by atoms with Crippen LogP contribution in [-0.4, -0.2) is 27.3 Å². The van der Waals surface area contributed by atoms with Gasteiger partial charge < -0.3 is 14.2 Å². The minimum absolute atomic E-state index is 0.198. The maximum absolute atomic E-state index is 12.0. The fourth-order valence-electron chi connectivity index (χ4n) is 2.60. The summed E-state index contributed by atoms with van der Waals surface area (Å²) in [6.45, 7) is 3.96. The van der Waals surface area contributed by atoms with Gasteiger partial charge in [-0.1, -0.05) is 0 Å². The van der Waals surface area contributed by atoms with Crippen LogP contribution < -0.4 is 9.47 Å². The van der Waals surface area contributed by atoms with Crippen LogP contribution in [-0.2, 0) is 14.9 Å². The van der Waals surface area contributed by atoms with Crippen LogP contribution in [0.5, 0.6) is 11.5 Å². The highest BCUT2D eigenvalue weighted by Crippen LogP contribution is 2.54. The van der Waals surface area contributed by atoms with Crippen molar-refractivity contribution in [2.24, 2.45) is 0 Å². The third-order valence-electron chi connectivity index (χ3n) is 4.06. The van der Waals surface area contributed by atoms with Gasteiger partial charge >= 0.3 is 5.97 Å². The summed E-state index contributed by atoms with van der Waals surface area (Å²) >= 11 is 0. The first-order valence-corrected chi connectivity index (χ1v) is 6.33. The van der Waals surface area contributed by atoms with Crippen molar-refractivity contribution >= 4 is 5.97 Å². The summed E-state index contributed by atoms with van der Waals surface area (Å²) in [5.41, 5.74) is 2.36. The first-order chi connectivity index (χ1) is 9.01. The molecule has 0 aromatic heterocycles. The van der Waals surface area contributed by atoms with E-state index in [9.17, 15) is 4.79 Å². The van der Waals surface area contributed by atoms with Crippen LogP contribution in [0, 0.1) is 13.8 Å². The Morgan fingerprint density at radius 2 is 1.74 bits per heavy atom. The Kier molecular flexibility index (Phi) is 3.43. The smallest absolute Gasteiger partial charge is 0.316 e. The zero-order valence-corrected chi connectivity index (χ0v) is 12.1. The average Bonchev–Trinajstić information content (AvgIpc) is 3.22. The molecule has 0 radical (unpaired) electrons. The van der Waals surface area contributed by atoms with Crippen molar-refractivity contribution in [3.05, 3.63) is 22.8 Å². The number of hydrogen-bond acceptors (Lipinski definition) is 4. The predicted molar refractivity (Wildman–Crippen MR) is 71.9 cm³/mol. The van der Waals surface area contributed by atoms with Crippen LogP contribution >= 0.6 is 0 Å². The van der Waals surface area contributed by atoms with Gasteiger partial charge in [-0.05, 0) is 43.9 Å². The lowest BCUT2D eigenvalue weighted by atomic mass is 9.91. The van der Waals surface area contributed by atoms with Gasteiger partial charge in [-0.25, -0.2) is 0 Å². The fourth-order valence-corrected chi connectivity index (χ4v) is 2.60. The summed E-state index contributed by atoms with van der Waals surface area (Å²) in [5.74, 6) is 1.35. The van der Waals surface area contributed by atoms with Crippen molar-refractivity contribution in [1.29, 1.82) is 0 Å². The number of carbonyl (C=O) groups excluding carboxylic acids is 1. The Balaban J connectivity index is 2.63. The molecule has 2 rings (SSSR count). The Labute approximate surface area is 113 Å². The molecule has 4 nitrogen and oxygen atoms in total. The van der Waals surface area contributed by atoms with E-state index in [4.69, 9.17) is 14.2 Å². The van der Waals surface area contributed by atoms with E-state index in [1.165, 1.54) is 7.11 Å². The van der Waals surface area contributed by atoms with Gasteiger partial charge in [0.15, 0.2) is 0 Å². The van der Waals surface area contributed by atoms with Gasteiger partial charge in [0.2, 0.25) is 0 Å². The molecule has 1 aromatic rings. The average molecular weight is 264 g/mol. The van der Waals surface area contributed by atoms with Crippen molar-refractivity contribution < 1.29 is 19.0 Å². The van der Waals surface area contributed by atoms with Crippen LogP contribution in [0.3, 0.4) is 0 Å². The molecule has 0 atom stereocenters. The van der Waals surface area contributed by atoms with E-state index in [2.05, 4.69) is 0 Å². The molecule has 0 aliphatic heterocycles. The fraction of sp³-hybridized carbons (Fsp3) is 0.533. The van der Waals surface area contributed by atoms with Crippen LogP contribution in [0.4, 0.5) is 0 Å². The summed E-state index contributed by atoms with van der Waals surface area (Å²) in [6, 6.07) is 1.91. The molecule has 104 valence electrons. The van der Waals surface area contributed by atoms with Crippen molar-refractivity contribution in [1.82, 2.24) is 0 Å². The van der Waals surface area contributed by atoms with E-state index in [1.807, 2.05) is 19.9 Å². The highest BCUT2D eigenvalue weighted by molar-refractivity contribution is 5.88.